The van der Waals surface area contributed by atoms with Crippen LogP contribution in [0.1, 0.15) is 19.6 Å². The molecule has 0 radical (unpaired) electrons. The van der Waals surface area contributed by atoms with Crippen LogP contribution in [0.25, 0.3) is 11.5 Å². The highest BCUT2D eigenvalue weighted by atomic mass is 32.1. The van der Waals surface area contributed by atoms with Crippen LogP contribution in [0.3, 0.4) is 0 Å². The van der Waals surface area contributed by atoms with Gasteiger partial charge in [-0.3, -0.25) is 14.9 Å². The Morgan fingerprint density at radius 1 is 1.14 bits per heavy atom. The van der Waals surface area contributed by atoms with E-state index in [1.807, 2.05) is 12.1 Å². The number of rotatable bonds is 5. The Morgan fingerprint density at radius 3 is 2.66 bits per heavy atom. The van der Waals surface area contributed by atoms with E-state index in [1.165, 1.54) is 18.3 Å². The van der Waals surface area contributed by atoms with Gasteiger partial charge >= 0.3 is 0 Å². The number of hydrogen-bond donors (Lipinski definition) is 2. The number of benzene rings is 1. The van der Waals surface area contributed by atoms with E-state index >= 15 is 0 Å². The molecule has 2 amide bonds. The Hall–Kier alpha value is -3.33. The minimum atomic E-state index is -0.787. The van der Waals surface area contributed by atoms with Gasteiger partial charge in [0.25, 0.3) is 5.91 Å². The second-order valence-corrected chi connectivity index (χ2v) is 7.37. The Bertz CT molecular complexity index is 1040. The van der Waals surface area contributed by atoms with Gasteiger partial charge in [0.2, 0.25) is 12.0 Å². The molecule has 150 valence electrons. The SMILES string of the molecule is CC(=O)NCc1ccc(-c2csc(NC(=O)C3Oc4ccccc4OC3C)n2)o1. The third-order valence-electron chi connectivity index (χ3n) is 4.26. The van der Waals surface area contributed by atoms with Gasteiger partial charge in [-0.05, 0) is 31.2 Å². The van der Waals surface area contributed by atoms with E-state index in [9.17, 15) is 9.59 Å². The lowest BCUT2D eigenvalue weighted by atomic mass is 10.1. The maximum absolute atomic E-state index is 12.7. The highest BCUT2D eigenvalue weighted by molar-refractivity contribution is 7.14. The van der Waals surface area contributed by atoms with Crippen molar-refractivity contribution in [3.05, 3.63) is 47.5 Å². The topological polar surface area (TPSA) is 103 Å². The first-order valence-corrected chi connectivity index (χ1v) is 9.90. The molecule has 4 rings (SSSR count). The molecule has 8 nitrogen and oxygen atoms in total. The standard InChI is InChI=1S/C20H19N3O5S/c1-11-18(28-17-6-4-3-5-16(17)26-11)19(25)23-20-22-14(10-29-20)15-8-7-13(27-15)9-21-12(2)24/h3-8,10-11,18H,9H2,1-2H3,(H,21,24)(H,22,23,25). The Morgan fingerprint density at radius 2 is 1.90 bits per heavy atom. The third-order valence-corrected chi connectivity index (χ3v) is 5.02. The first-order valence-electron chi connectivity index (χ1n) is 9.02. The van der Waals surface area contributed by atoms with Crippen molar-refractivity contribution in [2.24, 2.45) is 0 Å². The summed E-state index contributed by atoms with van der Waals surface area (Å²) in [4.78, 5) is 28.1. The summed E-state index contributed by atoms with van der Waals surface area (Å²) in [6, 6.07) is 10.8. The quantitative estimate of drug-likeness (QED) is 0.666. The van der Waals surface area contributed by atoms with Crippen LogP contribution in [-0.4, -0.2) is 29.0 Å². The number of nitrogens with zero attached hydrogens (tertiary/aromatic N) is 1. The van der Waals surface area contributed by atoms with E-state index < -0.39 is 12.2 Å². The lowest BCUT2D eigenvalue weighted by molar-refractivity contribution is -0.128. The van der Waals surface area contributed by atoms with E-state index in [2.05, 4.69) is 15.6 Å². The van der Waals surface area contributed by atoms with Gasteiger partial charge in [0.1, 0.15) is 17.6 Å². The summed E-state index contributed by atoms with van der Waals surface area (Å²) in [5.41, 5.74) is 0.596. The van der Waals surface area contributed by atoms with Gasteiger partial charge in [0, 0.05) is 12.3 Å². The van der Waals surface area contributed by atoms with Gasteiger partial charge in [0.05, 0.1) is 6.54 Å². The molecule has 0 aliphatic carbocycles. The highest BCUT2D eigenvalue weighted by Gasteiger charge is 2.34. The van der Waals surface area contributed by atoms with Gasteiger partial charge in [-0.25, -0.2) is 4.98 Å². The lowest BCUT2D eigenvalue weighted by Crippen LogP contribution is -2.46. The number of para-hydroxylation sites is 2. The van der Waals surface area contributed by atoms with Crippen LogP contribution < -0.4 is 20.1 Å². The maximum atomic E-state index is 12.7. The van der Waals surface area contributed by atoms with Crippen LogP contribution in [-0.2, 0) is 16.1 Å². The van der Waals surface area contributed by atoms with Crippen molar-refractivity contribution < 1.29 is 23.5 Å². The number of carbonyl (C=O) groups excluding carboxylic acids is 2. The Balaban J connectivity index is 1.41. The Labute approximate surface area is 170 Å². The molecule has 29 heavy (non-hydrogen) atoms. The number of nitrogens with one attached hydrogen (secondary N) is 2. The minimum Gasteiger partial charge on any atom is -0.482 e. The second-order valence-electron chi connectivity index (χ2n) is 6.51. The van der Waals surface area contributed by atoms with Crippen LogP contribution in [0.5, 0.6) is 11.5 Å². The second kappa shape index (κ2) is 7.96. The number of aromatic nitrogens is 1. The molecule has 3 aromatic rings. The summed E-state index contributed by atoms with van der Waals surface area (Å²) in [7, 11) is 0. The van der Waals surface area contributed by atoms with E-state index in [-0.39, 0.29) is 11.8 Å². The number of fused-ring (bicyclic) bond motifs is 1. The number of anilines is 1. The number of amides is 2. The third kappa shape index (κ3) is 4.24. The summed E-state index contributed by atoms with van der Waals surface area (Å²) >= 11 is 1.28. The molecule has 0 bridgehead atoms. The zero-order valence-electron chi connectivity index (χ0n) is 15.8. The van der Waals surface area contributed by atoms with Crippen molar-refractivity contribution in [1.82, 2.24) is 10.3 Å². The molecule has 2 N–H and O–H groups in total. The number of hydrogen-bond acceptors (Lipinski definition) is 7. The molecule has 0 saturated heterocycles. The van der Waals surface area contributed by atoms with Crippen molar-refractivity contribution in [2.45, 2.75) is 32.6 Å². The van der Waals surface area contributed by atoms with Gasteiger partial charge < -0.3 is 19.2 Å². The Kier molecular flexibility index (Phi) is 5.22. The monoisotopic (exact) mass is 413 g/mol. The summed E-state index contributed by atoms with van der Waals surface area (Å²) in [6.45, 7) is 3.54. The summed E-state index contributed by atoms with van der Waals surface area (Å²) in [5.74, 6) is 1.86. The summed E-state index contributed by atoms with van der Waals surface area (Å²) < 4.78 is 17.3. The maximum Gasteiger partial charge on any atom is 0.271 e. The van der Waals surface area contributed by atoms with Crippen molar-refractivity contribution >= 4 is 28.3 Å². The van der Waals surface area contributed by atoms with E-state index in [0.717, 1.165) is 0 Å². The molecular weight excluding hydrogens is 394 g/mol. The largest absolute Gasteiger partial charge is 0.482 e. The molecule has 0 spiro atoms. The summed E-state index contributed by atoms with van der Waals surface area (Å²) in [5, 5.41) is 7.66. The van der Waals surface area contributed by atoms with E-state index in [4.69, 9.17) is 13.9 Å². The molecule has 1 aliphatic rings. The number of thiazole rings is 1. The van der Waals surface area contributed by atoms with E-state index in [1.54, 1.807) is 36.6 Å². The number of carbonyl (C=O) groups is 2. The molecule has 9 heteroatoms. The fraction of sp³-hybridized carbons (Fsp3) is 0.250. The van der Waals surface area contributed by atoms with Crippen LogP contribution in [0, 0.1) is 0 Å². The smallest absolute Gasteiger partial charge is 0.271 e. The minimum absolute atomic E-state index is 0.132. The molecule has 0 fully saturated rings. The van der Waals surface area contributed by atoms with Gasteiger partial charge in [-0.15, -0.1) is 11.3 Å². The predicted octanol–water partition coefficient (Wildman–Crippen LogP) is 3.21. The first-order chi connectivity index (χ1) is 14.0. The molecular formula is C20H19N3O5S. The van der Waals surface area contributed by atoms with Gasteiger partial charge in [0.15, 0.2) is 22.4 Å². The molecule has 3 heterocycles. The van der Waals surface area contributed by atoms with E-state index in [0.29, 0.717) is 40.4 Å². The molecule has 2 unspecified atom stereocenters. The first kappa shape index (κ1) is 19.0. The van der Waals surface area contributed by atoms with Crippen molar-refractivity contribution in [2.75, 3.05) is 5.32 Å². The predicted molar refractivity (Wildman–Crippen MR) is 107 cm³/mol. The van der Waals surface area contributed by atoms with Crippen LogP contribution in [0.2, 0.25) is 0 Å². The van der Waals surface area contributed by atoms with Crippen molar-refractivity contribution in [3.8, 4) is 23.0 Å². The zero-order chi connectivity index (χ0) is 20.4. The van der Waals surface area contributed by atoms with Crippen LogP contribution >= 0.6 is 11.3 Å². The fourth-order valence-corrected chi connectivity index (χ4v) is 3.55. The van der Waals surface area contributed by atoms with Crippen molar-refractivity contribution in [3.63, 3.8) is 0 Å². The van der Waals surface area contributed by atoms with Gasteiger partial charge in [-0.1, -0.05) is 12.1 Å². The average molecular weight is 413 g/mol. The van der Waals surface area contributed by atoms with Crippen LogP contribution in [0.15, 0.2) is 46.2 Å². The molecule has 2 aromatic heterocycles. The number of furan rings is 1. The molecule has 1 aromatic carbocycles. The summed E-state index contributed by atoms with van der Waals surface area (Å²) in [6.07, 6.45) is -1.23. The molecule has 1 aliphatic heterocycles. The highest BCUT2D eigenvalue weighted by Crippen LogP contribution is 2.34. The average Bonchev–Trinajstić information content (AvgIpc) is 3.35. The fourth-order valence-electron chi connectivity index (χ4n) is 2.85. The van der Waals surface area contributed by atoms with Gasteiger partial charge in [-0.2, -0.15) is 0 Å². The molecule has 2 atom stereocenters. The number of ether oxygens (including phenoxy) is 2. The van der Waals surface area contributed by atoms with Crippen molar-refractivity contribution in [1.29, 1.82) is 0 Å². The normalized spacial score (nSPS) is 17.6. The zero-order valence-corrected chi connectivity index (χ0v) is 16.6. The molecule has 0 saturated carbocycles. The van der Waals surface area contributed by atoms with Crippen LogP contribution in [0.4, 0.5) is 5.13 Å². The lowest BCUT2D eigenvalue weighted by Gasteiger charge is -2.30.